The number of fused-ring (bicyclic) bond motifs is 1. The minimum absolute atomic E-state index is 0.207. The Bertz CT molecular complexity index is 965. The van der Waals surface area contributed by atoms with Gasteiger partial charge in [0.1, 0.15) is 0 Å². The predicted molar refractivity (Wildman–Crippen MR) is 98.1 cm³/mol. The smallest absolute Gasteiger partial charge is 0.411 e. The molecular weight excluding hydrogens is 334 g/mol. The molecule has 1 aromatic carbocycles. The van der Waals surface area contributed by atoms with E-state index in [9.17, 15) is 9.59 Å². The maximum absolute atomic E-state index is 11.7. The summed E-state index contributed by atoms with van der Waals surface area (Å²) < 4.78 is 6.78. The molecule has 2 aromatic heterocycles. The van der Waals surface area contributed by atoms with Crippen LogP contribution in [0, 0.1) is 6.92 Å². The van der Waals surface area contributed by atoms with E-state index in [0.717, 1.165) is 11.1 Å². The molecule has 2 heterocycles. The minimum Gasteiger partial charge on any atom is -0.447 e. The zero-order valence-electron chi connectivity index (χ0n) is 14.7. The second-order valence-corrected chi connectivity index (χ2v) is 6.05. The molecule has 0 saturated heterocycles. The molecule has 0 atom stereocenters. The van der Waals surface area contributed by atoms with Crippen molar-refractivity contribution in [2.75, 3.05) is 10.6 Å². The molecule has 134 valence electrons. The van der Waals surface area contributed by atoms with Crippen LogP contribution in [0.3, 0.4) is 0 Å². The summed E-state index contributed by atoms with van der Waals surface area (Å²) in [4.78, 5) is 31.1. The lowest BCUT2D eigenvalue weighted by atomic mass is 10.1. The number of aromatic nitrogens is 3. The highest BCUT2D eigenvalue weighted by atomic mass is 16.6. The number of nitrogens with zero attached hydrogens (tertiary/aromatic N) is 3. The SMILES string of the molecule is Cc1ccc(NC=O)cc1-c1cn2cc(NC(=O)OC(C)C)cnc2n1. The largest absolute Gasteiger partial charge is 0.447 e. The van der Waals surface area contributed by atoms with Crippen LogP contribution < -0.4 is 10.6 Å². The van der Waals surface area contributed by atoms with Gasteiger partial charge in [-0.1, -0.05) is 6.07 Å². The van der Waals surface area contributed by atoms with E-state index in [1.807, 2.05) is 31.3 Å². The summed E-state index contributed by atoms with van der Waals surface area (Å²) in [5.74, 6) is 0.496. The van der Waals surface area contributed by atoms with Crippen LogP contribution in [-0.2, 0) is 9.53 Å². The highest BCUT2D eigenvalue weighted by molar-refractivity contribution is 5.84. The number of rotatable bonds is 5. The predicted octanol–water partition coefficient (Wildman–Crippen LogP) is 3.23. The molecule has 8 nitrogen and oxygen atoms in total. The number of nitrogens with one attached hydrogen (secondary N) is 2. The van der Waals surface area contributed by atoms with E-state index in [2.05, 4.69) is 20.6 Å². The van der Waals surface area contributed by atoms with E-state index in [0.29, 0.717) is 29.3 Å². The molecule has 0 aliphatic heterocycles. The summed E-state index contributed by atoms with van der Waals surface area (Å²) in [5, 5.41) is 5.26. The van der Waals surface area contributed by atoms with Crippen molar-refractivity contribution in [2.45, 2.75) is 26.9 Å². The molecule has 3 rings (SSSR count). The summed E-state index contributed by atoms with van der Waals surface area (Å²) in [6, 6.07) is 5.59. The zero-order chi connectivity index (χ0) is 18.7. The number of anilines is 2. The Morgan fingerprint density at radius 1 is 1.27 bits per heavy atom. The van der Waals surface area contributed by atoms with Gasteiger partial charge in [0.2, 0.25) is 12.2 Å². The van der Waals surface area contributed by atoms with Gasteiger partial charge in [0.15, 0.2) is 0 Å². The molecule has 0 bridgehead atoms. The van der Waals surface area contributed by atoms with Crippen molar-refractivity contribution < 1.29 is 14.3 Å². The molecule has 26 heavy (non-hydrogen) atoms. The summed E-state index contributed by atoms with van der Waals surface area (Å²) in [6.07, 6.45) is 4.93. The summed E-state index contributed by atoms with van der Waals surface area (Å²) >= 11 is 0. The van der Waals surface area contributed by atoms with Crippen LogP contribution in [0.1, 0.15) is 19.4 Å². The monoisotopic (exact) mass is 353 g/mol. The fourth-order valence-corrected chi connectivity index (χ4v) is 2.50. The molecule has 0 radical (unpaired) electrons. The van der Waals surface area contributed by atoms with Crippen LogP contribution in [0.2, 0.25) is 0 Å². The number of amides is 2. The molecule has 2 N–H and O–H groups in total. The first-order chi connectivity index (χ1) is 12.5. The quantitative estimate of drug-likeness (QED) is 0.686. The molecule has 8 heteroatoms. The molecular formula is C18H19N5O3. The minimum atomic E-state index is -0.537. The second kappa shape index (κ2) is 7.22. The van der Waals surface area contributed by atoms with Crippen LogP contribution in [-0.4, -0.2) is 33.0 Å². The van der Waals surface area contributed by atoms with Crippen LogP contribution in [0.15, 0.2) is 36.8 Å². The number of carbonyl (C=O) groups excluding carboxylic acids is 2. The molecule has 0 aliphatic carbocycles. The first-order valence-electron chi connectivity index (χ1n) is 8.10. The third-order valence-electron chi connectivity index (χ3n) is 3.64. The van der Waals surface area contributed by atoms with Gasteiger partial charge in [-0.15, -0.1) is 0 Å². The van der Waals surface area contributed by atoms with E-state index in [1.54, 1.807) is 24.4 Å². The Kier molecular flexibility index (Phi) is 4.83. The highest BCUT2D eigenvalue weighted by Crippen LogP contribution is 2.26. The fourth-order valence-electron chi connectivity index (χ4n) is 2.50. The van der Waals surface area contributed by atoms with Gasteiger partial charge in [-0.3, -0.25) is 14.5 Å². The lowest BCUT2D eigenvalue weighted by Gasteiger charge is -2.09. The lowest BCUT2D eigenvalue weighted by Crippen LogP contribution is -2.18. The highest BCUT2D eigenvalue weighted by Gasteiger charge is 2.11. The standard InChI is InChI=1S/C18H19N5O3/c1-11(2)26-18(25)21-14-7-19-17-22-16(9-23(17)8-14)15-6-13(20-10-24)5-4-12(15)3/h4-11H,1-3H3,(H,20,24)(H,21,25). The van der Waals surface area contributed by atoms with E-state index in [4.69, 9.17) is 4.74 Å². The maximum Gasteiger partial charge on any atom is 0.411 e. The molecule has 0 aliphatic rings. The van der Waals surface area contributed by atoms with Gasteiger partial charge in [0, 0.05) is 23.6 Å². The average molecular weight is 353 g/mol. The van der Waals surface area contributed by atoms with Crippen molar-refractivity contribution >= 4 is 29.7 Å². The molecule has 0 spiro atoms. The van der Waals surface area contributed by atoms with E-state index < -0.39 is 6.09 Å². The topological polar surface area (TPSA) is 97.6 Å². The van der Waals surface area contributed by atoms with E-state index in [1.165, 1.54) is 6.20 Å². The lowest BCUT2D eigenvalue weighted by molar-refractivity contribution is -0.105. The third-order valence-corrected chi connectivity index (χ3v) is 3.64. The van der Waals surface area contributed by atoms with Crippen molar-refractivity contribution in [1.29, 1.82) is 0 Å². The van der Waals surface area contributed by atoms with Crippen LogP contribution in [0.25, 0.3) is 17.0 Å². The van der Waals surface area contributed by atoms with Gasteiger partial charge in [-0.05, 0) is 38.5 Å². The Morgan fingerprint density at radius 2 is 2.08 bits per heavy atom. The first-order valence-corrected chi connectivity index (χ1v) is 8.10. The molecule has 2 amide bonds. The number of hydrogen-bond donors (Lipinski definition) is 2. The summed E-state index contributed by atoms with van der Waals surface area (Å²) in [6.45, 7) is 5.52. The average Bonchev–Trinajstić information content (AvgIpc) is 2.99. The Hall–Kier alpha value is -3.42. The number of ether oxygens (including phenoxy) is 1. The number of imidazole rings is 1. The number of carbonyl (C=O) groups is 2. The first kappa shape index (κ1) is 17.4. The van der Waals surface area contributed by atoms with Crippen molar-refractivity contribution in [3.05, 3.63) is 42.4 Å². The number of benzene rings is 1. The third kappa shape index (κ3) is 3.80. The molecule has 0 saturated carbocycles. The summed E-state index contributed by atoms with van der Waals surface area (Å²) in [5.41, 5.74) is 3.80. The van der Waals surface area contributed by atoms with Crippen molar-refractivity contribution in [2.24, 2.45) is 0 Å². The van der Waals surface area contributed by atoms with Gasteiger partial charge in [-0.25, -0.2) is 14.8 Å². The van der Waals surface area contributed by atoms with E-state index in [-0.39, 0.29) is 6.10 Å². The van der Waals surface area contributed by atoms with Crippen LogP contribution in [0.4, 0.5) is 16.2 Å². The normalized spacial score (nSPS) is 10.8. The van der Waals surface area contributed by atoms with Gasteiger partial charge < -0.3 is 10.1 Å². The summed E-state index contributed by atoms with van der Waals surface area (Å²) in [7, 11) is 0. The molecule has 3 aromatic rings. The fraction of sp³-hybridized carbons (Fsp3) is 0.222. The van der Waals surface area contributed by atoms with Gasteiger partial charge >= 0.3 is 6.09 Å². The van der Waals surface area contributed by atoms with Gasteiger partial charge in [0.25, 0.3) is 0 Å². The van der Waals surface area contributed by atoms with Gasteiger partial charge in [-0.2, -0.15) is 0 Å². The van der Waals surface area contributed by atoms with Crippen molar-refractivity contribution in [3.63, 3.8) is 0 Å². The van der Waals surface area contributed by atoms with Gasteiger partial charge in [0.05, 0.1) is 23.7 Å². The van der Waals surface area contributed by atoms with Crippen molar-refractivity contribution in [1.82, 2.24) is 14.4 Å². The van der Waals surface area contributed by atoms with Crippen LogP contribution >= 0.6 is 0 Å². The van der Waals surface area contributed by atoms with Crippen LogP contribution in [0.5, 0.6) is 0 Å². The second-order valence-electron chi connectivity index (χ2n) is 6.05. The number of aryl methyl sites for hydroxylation is 1. The van der Waals surface area contributed by atoms with E-state index >= 15 is 0 Å². The zero-order valence-corrected chi connectivity index (χ0v) is 14.7. The Balaban J connectivity index is 1.91. The molecule has 0 unspecified atom stereocenters. The Labute approximate surface area is 150 Å². The Morgan fingerprint density at radius 3 is 2.81 bits per heavy atom. The number of hydrogen-bond acceptors (Lipinski definition) is 5. The maximum atomic E-state index is 11.7. The van der Waals surface area contributed by atoms with Crippen molar-refractivity contribution in [3.8, 4) is 11.3 Å². The molecule has 0 fully saturated rings.